The molecule has 1 fully saturated rings. The summed E-state index contributed by atoms with van der Waals surface area (Å²) < 4.78 is 43.8. The van der Waals surface area contributed by atoms with Gasteiger partial charge in [-0.3, -0.25) is 9.78 Å². The van der Waals surface area contributed by atoms with Gasteiger partial charge in [0, 0.05) is 31.4 Å². The average molecular weight is 318 g/mol. The van der Waals surface area contributed by atoms with Gasteiger partial charge in [-0.25, -0.2) is 0 Å². The quantitative estimate of drug-likeness (QED) is 0.885. The van der Waals surface area contributed by atoms with Crippen LogP contribution in [0.2, 0.25) is 0 Å². The van der Waals surface area contributed by atoms with Crippen molar-refractivity contribution in [3.05, 3.63) is 29.6 Å². The van der Waals surface area contributed by atoms with Gasteiger partial charge in [-0.05, 0) is 25.0 Å². The molecule has 0 radical (unpaired) electrons. The number of pyridine rings is 1. The van der Waals surface area contributed by atoms with Crippen LogP contribution in [0.4, 0.5) is 13.2 Å². The zero-order valence-electron chi connectivity index (χ0n) is 11.8. The van der Waals surface area contributed by atoms with E-state index in [1.165, 1.54) is 0 Å². The molecule has 0 atom stereocenters. The lowest BCUT2D eigenvalue weighted by Gasteiger charge is -2.35. The van der Waals surface area contributed by atoms with E-state index in [9.17, 15) is 23.1 Å². The van der Waals surface area contributed by atoms with Crippen LogP contribution in [-0.4, -0.2) is 42.4 Å². The first-order valence-electron chi connectivity index (χ1n) is 6.87. The largest absolute Gasteiger partial charge is 0.418 e. The minimum absolute atomic E-state index is 0.0829. The molecular formula is C14H17F3N2O3. The van der Waals surface area contributed by atoms with E-state index >= 15 is 0 Å². The van der Waals surface area contributed by atoms with Crippen molar-refractivity contribution in [2.24, 2.45) is 5.41 Å². The number of halogens is 3. The third-order valence-corrected chi connectivity index (χ3v) is 3.84. The van der Waals surface area contributed by atoms with Crippen molar-refractivity contribution in [2.45, 2.75) is 19.0 Å². The molecule has 1 aliphatic rings. The maximum absolute atomic E-state index is 12.9. The van der Waals surface area contributed by atoms with Crippen LogP contribution in [0.5, 0.6) is 0 Å². The molecule has 1 aromatic rings. The summed E-state index contributed by atoms with van der Waals surface area (Å²) in [5, 5.41) is 12.0. The second-order valence-electron chi connectivity index (χ2n) is 5.35. The van der Waals surface area contributed by atoms with Crippen LogP contribution in [0, 0.1) is 5.41 Å². The number of carbonyl (C=O) groups excluding carboxylic acids is 1. The third kappa shape index (κ3) is 3.75. The van der Waals surface area contributed by atoms with Gasteiger partial charge < -0.3 is 15.2 Å². The Hall–Kier alpha value is -1.67. The number of nitrogens with one attached hydrogen (secondary N) is 1. The molecule has 0 spiro atoms. The number of carbonyl (C=O) groups is 1. The molecule has 8 heteroatoms. The summed E-state index contributed by atoms with van der Waals surface area (Å²) >= 11 is 0. The van der Waals surface area contributed by atoms with Crippen LogP contribution < -0.4 is 5.32 Å². The first-order chi connectivity index (χ1) is 10.4. The fraction of sp³-hybridized carbons (Fsp3) is 0.571. The number of ether oxygens (including phenoxy) is 1. The number of aliphatic hydroxyl groups excluding tert-OH is 1. The summed E-state index contributed by atoms with van der Waals surface area (Å²) in [5.74, 6) is -0.896. The molecule has 22 heavy (non-hydrogen) atoms. The number of nitrogens with zero attached hydrogens (tertiary/aromatic N) is 1. The number of aromatic nitrogens is 1. The number of rotatable bonds is 4. The van der Waals surface area contributed by atoms with Gasteiger partial charge >= 0.3 is 6.18 Å². The number of alkyl halides is 3. The van der Waals surface area contributed by atoms with E-state index in [0.29, 0.717) is 26.1 Å². The van der Waals surface area contributed by atoms with Crippen molar-refractivity contribution in [3.8, 4) is 0 Å². The molecule has 2 N–H and O–H groups in total. The number of hydrogen-bond acceptors (Lipinski definition) is 4. The van der Waals surface area contributed by atoms with E-state index in [-0.39, 0.29) is 13.2 Å². The number of amides is 1. The van der Waals surface area contributed by atoms with Crippen molar-refractivity contribution in [2.75, 3.05) is 26.4 Å². The van der Waals surface area contributed by atoms with Crippen LogP contribution in [0.15, 0.2) is 18.3 Å². The summed E-state index contributed by atoms with van der Waals surface area (Å²) in [6, 6.07) is 1.95. The number of aliphatic hydroxyl groups is 1. The maximum Gasteiger partial charge on any atom is 0.418 e. The van der Waals surface area contributed by atoms with E-state index in [2.05, 4.69) is 10.3 Å². The van der Waals surface area contributed by atoms with Gasteiger partial charge in [-0.15, -0.1) is 0 Å². The fourth-order valence-corrected chi connectivity index (χ4v) is 2.36. The average Bonchev–Trinajstić information content (AvgIpc) is 2.53. The highest BCUT2D eigenvalue weighted by Crippen LogP contribution is 2.32. The van der Waals surface area contributed by atoms with Gasteiger partial charge in [0.15, 0.2) is 0 Å². The second-order valence-corrected chi connectivity index (χ2v) is 5.35. The van der Waals surface area contributed by atoms with E-state index < -0.39 is 28.8 Å². The molecule has 0 aromatic carbocycles. The zero-order valence-corrected chi connectivity index (χ0v) is 11.8. The van der Waals surface area contributed by atoms with Crippen molar-refractivity contribution >= 4 is 5.91 Å². The van der Waals surface area contributed by atoms with Crippen LogP contribution in [-0.2, 0) is 10.9 Å². The van der Waals surface area contributed by atoms with Crippen molar-refractivity contribution < 1.29 is 27.8 Å². The predicted molar refractivity (Wildman–Crippen MR) is 71.1 cm³/mol. The molecule has 0 saturated carbocycles. The van der Waals surface area contributed by atoms with Crippen LogP contribution in [0.25, 0.3) is 0 Å². The minimum Gasteiger partial charge on any atom is -0.396 e. The minimum atomic E-state index is -4.64. The predicted octanol–water partition coefficient (Wildman–Crippen LogP) is 1.62. The van der Waals surface area contributed by atoms with Gasteiger partial charge in [-0.1, -0.05) is 0 Å². The first kappa shape index (κ1) is 16.7. The van der Waals surface area contributed by atoms with Gasteiger partial charge in [0.1, 0.15) is 5.69 Å². The van der Waals surface area contributed by atoms with Crippen LogP contribution in [0.3, 0.4) is 0 Å². The van der Waals surface area contributed by atoms with Crippen LogP contribution in [0.1, 0.15) is 28.9 Å². The molecule has 2 heterocycles. The first-order valence-corrected chi connectivity index (χ1v) is 6.87. The Labute approximate surface area is 125 Å². The van der Waals surface area contributed by atoms with E-state index in [4.69, 9.17) is 4.74 Å². The van der Waals surface area contributed by atoms with Gasteiger partial charge in [-0.2, -0.15) is 13.2 Å². The molecule has 122 valence electrons. The lowest BCUT2D eigenvalue weighted by molar-refractivity contribution is -0.138. The zero-order chi connectivity index (χ0) is 16.2. The Morgan fingerprint density at radius 2 is 2.09 bits per heavy atom. The lowest BCUT2D eigenvalue weighted by atomic mass is 9.81. The molecule has 0 unspecified atom stereocenters. The standard InChI is InChI=1S/C14H17F3N2O3/c15-14(16,17)10-2-1-5-18-11(10)12(21)19-8-13(9-20)3-6-22-7-4-13/h1-2,5,20H,3-4,6-9H2,(H,19,21). The highest BCUT2D eigenvalue weighted by molar-refractivity contribution is 5.93. The Morgan fingerprint density at radius 3 is 2.68 bits per heavy atom. The molecule has 1 aromatic heterocycles. The molecule has 2 rings (SSSR count). The smallest absolute Gasteiger partial charge is 0.396 e. The van der Waals surface area contributed by atoms with Crippen molar-refractivity contribution in [3.63, 3.8) is 0 Å². The lowest BCUT2D eigenvalue weighted by Crippen LogP contribution is -2.44. The van der Waals surface area contributed by atoms with Gasteiger partial charge in [0.05, 0.1) is 12.2 Å². The molecule has 0 aliphatic carbocycles. The topological polar surface area (TPSA) is 71.5 Å². The highest BCUT2D eigenvalue weighted by Gasteiger charge is 2.37. The summed E-state index contributed by atoms with van der Waals surface area (Å²) in [7, 11) is 0. The summed E-state index contributed by atoms with van der Waals surface area (Å²) in [4.78, 5) is 15.6. The van der Waals surface area contributed by atoms with Crippen LogP contribution >= 0.6 is 0 Å². The summed E-state index contributed by atoms with van der Waals surface area (Å²) in [6.45, 7) is 0.826. The Kier molecular flexibility index (Phi) is 5.02. The Bertz CT molecular complexity index is 528. The molecule has 5 nitrogen and oxygen atoms in total. The van der Waals surface area contributed by atoms with E-state index in [0.717, 1.165) is 18.3 Å². The van der Waals surface area contributed by atoms with Crippen molar-refractivity contribution in [1.29, 1.82) is 0 Å². The maximum atomic E-state index is 12.9. The second kappa shape index (κ2) is 6.62. The highest BCUT2D eigenvalue weighted by atomic mass is 19.4. The summed E-state index contributed by atoms with van der Waals surface area (Å²) in [6.07, 6.45) is -2.43. The van der Waals surface area contributed by atoms with Crippen molar-refractivity contribution in [1.82, 2.24) is 10.3 Å². The number of hydrogen-bond donors (Lipinski definition) is 2. The van der Waals surface area contributed by atoms with Gasteiger partial charge in [0.2, 0.25) is 0 Å². The molecule has 0 bridgehead atoms. The Morgan fingerprint density at radius 1 is 1.41 bits per heavy atom. The monoisotopic (exact) mass is 318 g/mol. The van der Waals surface area contributed by atoms with Gasteiger partial charge in [0.25, 0.3) is 5.91 Å². The fourth-order valence-electron chi connectivity index (χ4n) is 2.36. The van der Waals surface area contributed by atoms with E-state index in [1.54, 1.807) is 0 Å². The molecule has 1 saturated heterocycles. The third-order valence-electron chi connectivity index (χ3n) is 3.84. The molecule has 1 aliphatic heterocycles. The molecule has 1 amide bonds. The summed E-state index contributed by atoms with van der Waals surface area (Å²) in [5.41, 5.74) is -2.28. The normalized spacial score (nSPS) is 18.0. The SMILES string of the molecule is O=C(NCC1(CO)CCOCC1)c1ncccc1C(F)(F)F. The molecular weight excluding hydrogens is 301 g/mol. The van der Waals surface area contributed by atoms with E-state index in [1.807, 2.05) is 0 Å². The Balaban J connectivity index is 2.10.